The summed E-state index contributed by atoms with van der Waals surface area (Å²) in [7, 11) is 0. The molecule has 0 unspecified atom stereocenters. The zero-order valence-corrected chi connectivity index (χ0v) is 11.9. The number of halogens is 1. The van der Waals surface area contributed by atoms with Crippen molar-refractivity contribution >= 4 is 0 Å². The molecular formula is C15H18FN3O. The van der Waals surface area contributed by atoms with Gasteiger partial charge in [-0.1, -0.05) is 19.9 Å². The molecular weight excluding hydrogens is 257 g/mol. The van der Waals surface area contributed by atoms with E-state index in [4.69, 9.17) is 10.5 Å². The van der Waals surface area contributed by atoms with Crippen molar-refractivity contribution in [3.63, 3.8) is 0 Å². The number of hydrogen-bond acceptors (Lipinski definition) is 4. The molecule has 1 aromatic carbocycles. The van der Waals surface area contributed by atoms with E-state index in [1.807, 2.05) is 26.8 Å². The van der Waals surface area contributed by atoms with E-state index in [0.29, 0.717) is 11.3 Å². The van der Waals surface area contributed by atoms with Gasteiger partial charge in [0.2, 0.25) is 0 Å². The number of nitrogens with zero attached hydrogens (tertiary/aromatic N) is 2. The highest BCUT2D eigenvalue weighted by atomic mass is 19.1. The average Bonchev–Trinajstić information content (AvgIpc) is 2.38. The number of ether oxygens (including phenoxy) is 1. The lowest BCUT2D eigenvalue weighted by Crippen LogP contribution is -2.05. The fourth-order valence-corrected chi connectivity index (χ4v) is 1.84. The molecule has 0 radical (unpaired) electrons. The van der Waals surface area contributed by atoms with E-state index < -0.39 is 0 Å². The van der Waals surface area contributed by atoms with Gasteiger partial charge in [0.05, 0.1) is 5.69 Å². The molecule has 1 heterocycles. The smallest absolute Gasteiger partial charge is 0.322 e. The molecule has 20 heavy (non-hydrogen) atoms. The molecule has 0 amide bonds. The first-order valence-corrected chi connectivity index (χ1v) is 6.52. The van der Waals surface area contributed by atoms with Gasteiger partial charge in [-0.2, -0.15) is 4.98 Å². The Bertz CT molecular complexity index is 614. The third-order valence-corrected chi connectivity index (χ3v) is 2.93. The van der Waals surface area contributed by atoms with Crippen molar-refractivity contribution in [3.05, 3.63) is 47.0 Å². The Morgan fingerprint density at radius 1 is 1.30 bits per heavy atom. The van der Waals surface area contributed by atoms with Gasteiger partial charge in [-0.05, 0) is 31.0 Å². The minimum absolute atomic E-state index is 0.0604. The van der Waals surface area contributed by atoms with E-state index in [0.717, 1.165) is 11.4 Å². The zero-order valence-electron chi connectivity index (χ0n) is 11.9. The van der Waals surface area contributed by atoms with Crippen LogP contribution in [0.3, 0.4) is 0 Å². The predicted octanol–water partition coefficient (Wildman–Crippen LogP) is 3.30. The molecule has 106 valence electrons. The summed E-state index contributed by atoms with van der Waals surface area (Å²) >= 11 is 0. The second-order valence-corrected chi connectivity index (χ2v) is 4.89. The molecule has 2 rings (SSSR count). The normalized spacial score (nSPS) is 10.9. The summed E-state index contributed by atoms with van der Waals surface area (Å²) in [6.07, 6.45) is 0. The van der Waals surface area contributed by atoms with Gasteiger partial charge < -0.3 is 10.5 Å². The largest absolute Gasteiger partial charge is 0.424 e. The molecule has 0 bridgehead atoms. The third-order valence-electron chi connectivity index (χ3n) is 2.93. The molecule has 5 heteroatoms. The maximum absolute atomic E-state index is 13.6. The highest BCUT2D eigenvalue weighted by Crippen LogP contribution is 2.26. The van der Waals surface area contributed by atoms with Gasteiger partial charge in [0, 0.05) is 17.8 Å². The molecule has 0 spiro atoms. The Morgan fingerprint density at radius 2 is 2.05 bits per heavy atom. The third kappa shape index (κ3) is 3.11. The molecule has 4 nitrogen and oxygen atoms in total. The monoisotopic (exact) mass is 275 g/mol. The van der Waals surface area contributed by atoms with Crippen molar-refractivity contribution in [1.29, 1.82) is 0 Å². The van der Waals surface area contributed by atoms with E-state index >= 15 is 0 Å². The van der Waals surface area contributed by atoms with Gasteiger partial charge >= 0.3 is 6.01 Å². The Morgan fingerprint density at radius 3 is 2.70 bits per heavy atom. The lowest BCUT2D eigenvalue weighted by atomic mass is 10.1. The zero-order chi connectivity index (χ0) is 14.7. The Balaban J connectivity index is 2.37. The molecule has 0 aliphatic carbocycles. The van der Waals surface area contributed by atoms with Crippen LogP contribution in [0.25, 0.3) is 0 Å². The van der Waals surface area contributed by atoms with Crippen molar-refractivity contribution < 1.29 is 9.13 Å². The first-order valence-electron chi connectivity index (χ1n) is 6.52. The van der Waals surface area contributed by atoms with Gasteiger partial charge in [0.25, 0.3) is 0 Å². The number of rotatable bonds is 4. The van der Waals surface area contributed by atoms with E-state index in [1.165, 1.54) is 6.07 Å². The number of aromatic nitrogens is 2. The van der Waals surface area contributed by atoms with E-state index in [9.17, 15) is 4.39 Å². The van der Waals surface area contributed by atoms with Crippen molar-refractivity contribution in [2.75, 3.05) is 0 Å². The molecule has 0 aliphatic rings. The number of nitrogens with two attached hydrogens (primary N) is 1. The van der Waals surface area contributed by atoms with Crippen LogP contribution in [-0.2, 0) is 6.54 Å². The number of benzene rings is 1. The second kappa shape index (κ2) is 5.96. The minimum atomic E-state index is -0.387. The van der Waals surface area contributed by atoms with Crippen LogP contribution in [0.4, 0.5) is 4.39 Å². The van der Waals surface area contributed by atoms with Gasteiger partial charge in [0.1, 0.15) is 11.6 Å². The maximum atomic E-state index is 13.6. The van der Waals surface area contributed by atoms with Gasteiger partial charge in [-0.15, -0.1) is 0 Å². The van der Waals surface area contributed by atoms with Crippen LogP contribution in [0.15, 0.2) is 24.3 Å². The Hall–Kier alpha value is -2.01. The van der Waals surface area contributed by atoms with Gasteiger partial charge in [-0.3, -0.25) is 0 Å². The summed E-state index contributed by atoms with van der Waals surface area (Å²) in [5.74, 6) is 0.232. The molecule has 0 fully saturated rings. The van der Waals surface area contributed by atoms with Crippen LogP contribution in [0, 0.1) is 12.7 Å². The summed E-state index contributed by atoms with van der Waals surface area (Å²) in [5, 5.41) is 0. The Kier molecular flexibility index (Phi) is 4.29. The lowest BCUT2D eigenvalue weighted by Gasteiger charge is -2.11. The summed E-state index contributed by atoms with van der Waals surface area (Å²) in [5.41, 5.74) is 7.57. The SMILES string of the molecule is Cc1cc(C(C)C)nc(Oc2cccc(F)c2CN)n1. The van der Waals surface area contributed by atoms with Crippen LogP contribution in [0.5, 0.6) is 11.8 Å². The molecule has 2 aromatic rings. The van der Waals surface area contributed by atoms with Crippen molar-refractivity contribution in [1.82, 2.24) is 9.97 Å². The molecule has 1 aromatic heterocycles. The van der Waals surface area contributed by atoms with Crippen LogP contribution in [0.1, 0.15) is 36.7 Å². The van der Waals surface area contributed by atoms with Crippen molar-refractivity contribution in [2.45, 2.75) is 33.2 Å². The van der Waals surface area contributed by atoms with Gasteiger partial charge in [-0.25, -0.2) is 9.37 Å². The van der Waals surface area contributed by atoms with E-state index in [2.05, 4.69) is 9.97 Å². The fraction of sp³-hybridized carbons (Fsp3) is 0.333. The number of hydrogen-bond donors (Lipinski definition) is 1. The van der Waals surface area contributed by atoms with Gasteiger partial charge in [0.15, 0.2) is 0 Å². The molecule has 0 atom stereocenters. The van der Waals surface area contributed by atoms with E-state index in [-0.39, 0.29) is 24.3 Å². The van der Waals surface area contributed by atoms with Crippen molar-refractivity contribution in [3.8, 4) is 11.8 Å². The molecule has 0 saturated carbocycles. The van der Waals surface area contributed by atoms with Crippen LogP contribution >= 0.6 is 0 Å². The summed E-state index contributed by atoms with van der Waals surface area (Å²) in [6.45, 7) is 6.01. The number of aryl methyl sites for hydroxylation is 1. The average molecular weight is 275 g/mol. The minimum Gasteiger partial charge on any atom is -0.424 e. The summed E-state index contributed by atoms with van der Waals surface area (Å²) in [6, 6.07) is 6.71. The second-order valence-electron chi connectivity index (χ2n) is 4.89. The summed E-state index contributed by atoms with van der Waals surface area (Å²) in [4.78, 5) is 8.56. The van der Waals surface area contributed by atoms with Crippen LogP contribution in [0.2, 0.25) is 0 Å². The quantitative estimate of drug-likeness (QED) is 0.930. The molecule has 2 N–H and O–H groups in total. The van der Waals surface area contributed by atoms with Crippen molar-refractivity contribution in [2.24, 2.45) is 5.73 Å². The standard InChI is InChI=1S/C15H18FN3O/c1-9(2)13-7-10(3)18-15(19-13)20-14-6-4-5-12(16)11(14)8-17/h4-7,9H,8,17H2,1-3H3. The highest BCUT2D eigenvalue weighted by Gasteiger charge is 2.12. The molecule has 0 aliphatic heterocycles. The van der Waals surface area contributed by atoms with Crippen LogP contribution < -0.4 is 10.5 Å². The maximum Gasteiger partial charge on any atom is 0.322 e. The Labute approximate surface area is 117 Å². The summed E-state index contributed by atoms with van der Waals surface area (Å²) < 4.78 is 19.2. The lowest BCUT2D eigenvalue weighted by molar-refractivity contribution is 0.426. The fourth-order valence-electron chi connectivity index (χ4n) is 1.84. The topological polar surface area (TPSA) is 61.0 Å². The predicted molar refractivity (Wildman–Crippen MR) is 75.2 cm³/mol. The van der Waals surface area contributed by atoms with E-state index in [1.54, 1.807) is 12.1 Å². The first-order chi connectivity index (χ1) is 9.51. The first kappa shape index (κ1) is 14.4. The van der Waals surface area contributed by atoms with Crippen LogP contribution in [-0.4, -0.2) is 9.97 Å². The molecule has 0 saturated heterocycles. The highest BCUT2D eigenvalue weighted by molar-refractivity contribution is 5.36.